The number of nitrogens with zero attached hydrogens (tertiary/aromatic N) is 2. The number of hydrogen-bond donors (Lipinski definition) is 3. The first-order chi connectivity index (χ1) is 14.3. The third-order valence-electron chi connectivity index (χ3n) is 5.80. The lowest BCUT2D eigenvalue weighted by Gasteiger charge is -2.39. The van der Waals surface area contributed by atoms with Gasteiger partial charge >= 0.3 is 0 Å². The number of carbonyl (C=O) groups is 2. The summed E-state index contributed by atoms with van der Waals surface area (Å²) in [6, 6.07) is 7.07. The van der Waals surface area contributed by atoms with Crippen LogP contribution in [0.15, 0.2) is 29.1 Å². The SMILES string of the molecule is C[C@@H]1CCC[C@@H](C)N1c1nc2c(c(=O)[nH]1)[C@H](C(=O)Nc1ccc(Cl)cc1)CC(=O)N2. The molecule has 3 atom stereocenters. The second kappa shape index (κ2) is 8.10. The van der Waals surface area contributed by atoms with Crippen LogP contribution in [0.3, 0.4) is 0 Å². The average molecular weight is 430 g/mol. The minimum atomic E-state index is -0.925. The van der Waals surface area contributed by atoms with E-state index < -0.39 is 17.4 Å². The molecule has 2 aliphatic heterocycles. The van der Waals surface area contributed by atoms with Gasteiger partial charge in [0, 0.05) is 29.2 Å². The molecule has 1 fully saturated rings. The number of fused-ring (bicyclic) bond motifs is 1. The minimum absolute atomic E-state index is 0.118. The highest BCUT2D eigenvalue weighted by Gasteiger charge is 2.36. The van der Waals surface area contributed by atoms with Gasteiger partial charge in [0.25, 0.3) is 5.56 Å². The third-order valence-corrected chi connectivity index (χ3v) is 6.06. The van der Waals surface area contributed by atoms with Gasteiger partial charge in [-0.1, -0.05) is 11.6 Å². The van der Waals surface area contributed by atoms with Crippen LogP contribution in [0.2, 0.25) is 5.02 Å². The number of nitrogens with one attached hydrogen (secondary N) is 3. The number of hydrogen-bond acceptors (Lipinski definition) is 5. The highest BCUT2D eigenvalue weighted by Crippen LogP contribution is 2.32. The standard InChI is InChI=1S/C21H24ClN5O3/c1-11-4-3-5-12(2)27(11)21-25-18-17(20(30)26-21)15(10-16(28)24-18)19(29)23-14-8-6-13(22)7-9-14/h6-9,11-12,15H,3-5,10H2,1-2H3,(H,23,29)(H2,24,25,26,28,30)/t11-,12-,15-/m1/s1. The zero-order chi connectivity index (χ0) is 21.4. The van der Waals surface area contributed by atoms with Crippen LogP contribution in [-0.4, -0.2) is 33.9 Å². The van der Waals surface area contributed by atoms with Gasteiger partial charge in [-0.2, -0.15) is 4.98 Å². The van der Waals surface area contributed by atoms with Gasteiger partial charge < -0.3 is 15.5 Å². The van der Waals surface area contributed by atoms with E-state index >= 15 is 0 Å². The van der Waals surface area contributed by atoms with Gasteiger partial charge in [-0.05, 0) is 57.4 Å². The summed E-state index contributed by atoms with van der Waals surface area (Å²) >= 11 is 5.88. The molecule has 1 aromatic heterocycles. The van der Waals surface area contributed by atoms with Gasteiger partial charge in [-0.15, -0.1) is 0 Å². The van der Waals surface area contributed by atoms with Gasteiger partial charge in [-0.25, -0.2) is 0 Å². The molecule has 3 N–H and O–H groups in total. The van der Waals surface area contributed by atoms with Crippen LogP contribution in [0.25, 0.3) is 0 Å². The number of halogens is 1. The van der Waals surface area contributed by atoms with E-state index in [0.29, 0.717) is 16.7 Å². The van der Waals surface area contributed by atoms with Crippen LogP contribution in [-0.2, 0) is 9.59 Å². The van der Waals surface area contributed by atoms with E-state index in [2.05, 4.69) is 39.3 Å². The highest BCUT2D eigenvalue weighted by atomic mass is 35.5. The number of amides is 2. The fraction of sp³-hybridized carbons (Fsp3) is 0.429. The molecule has 3 heterocycles. The predicted molar refractivity (Wildman–Crippen MR) is 116 cm³/mol. The summed E-state index contributed by atoms with van der Waals surface area (Å²) in [6.45, 7) is 4.19. The van der Waals surface area contributed by atoms with Crippen LogP contribution in [0.5, 0.6) is 0 Å². The predicted octanol–water partition coefficient (Wildman–Crippen LogP) is 3.26. The fourth-order valence-electron chi connectivity index (χ4n) is 4.31. The Labute approximate surface area is 179 Å². The van der Waals surface area contributed by atoms with Crippen LogP contribution in [0.1, 0.15) is 51.0 Å². The van der Waals surface area contributed by atoms with Gasteiger partial charge in [0.1, 0.15) is 5.82 Å². The van der Waals surface area contributed by atoms with Crippen molar-refractivity contribution in [1.82, 2.24) is 9.97 Å². The van der Waals surface area contributed by atoms with E-state index in [0.717, 1.165) is 19.3 Å². The molecule has 0 aliphatic carbocycles. The van der Waals surface area contributed by atoms with E-state index in [1.54, 1.807) is 24.3 Å². The van der Waals surface area contributed by atoms with Crippen LogP contribution in [0, 0.1) is 0 Å². The first kappa shape index (κ1) is 20.4. The summed E-state index contributed by atoms with van der Waals surface area (Å²) < 4.78 is 0. The van der Waals surface area contributed by atoms with Gasteiger partial charge in [0.15, 0.2) is 0 Å². The smallest absolute Gasteiger partial charge is 0.258 e. The molecule has 0 bridgehead atoms. The maximum absolute atomic E-state index is 13.0. The lowest BCUT2D eigenvalue weighted by molar-refractivity contribution is -0.123. The molecule has 0 spiro atoms. The Morgan fingerprint density at radius 1 is 1.17 bits per heavy atom. The summed E-state index contributed by atoms with van der Waals surface area (Å²) in [5, 5.41) is 5.97. The number of aromatic nitrogens is 2. The Balaban J connectivity index is 1.67. The summed E-state index contributed by atoms with van der Waals surface area (Å²) in [4.78, 5) is 47.6. The number of H-pyrrole nitrogens is 1. The maximum Gasteiger partial charge on any atom is 0.258 e. The Morgan fingerprint density at radius 3 is 2.50 bits per heavy atom. The molecule has 30 heavy (non-hydrogen) atoms. The Bertz CT molecular complexity index is 1030. The number of benzene rings is 1. The van der Waals surface area contributed by atoms with E-state index in [4.69, 9.17) is 11.6 Å². The lowest BCUT2D eigenvalue weighted by Crippen LogP contribution is -2.46. The van der Waals surface area contributed by atoms with Crippen molar-refractivity contribution >= 4 is 40.9 Å². The minimum Gasteiger partial charge on any atom is -0.337 e. The molecular formula is C21H24ClN5O3. The first-order valence-electron chi connectivity index (χ1n) is 10.1. The van der Waals surface area contributed by atoms with Gasteiger partial charge in [0.05, 0.1) is 11.5 Å². The summed E-state index contributed by atoms with van der Waals surface area (Å²) in [7, 11) is 0. The molecule has 2 aliphatic rings. The highest BCUT2D eigenvalue weighted by molar-refractivity contribution is 6.30. The summed E-state index contributed by atoms with van der Waals surface area (Å²) in [5.41, 5.74) is 0.312. The number of carbonyl (C=O) groups excluding carboxylic acids is 2. The molecule has 2 amide bonds. The van der Waals surface area contributed by atoms with Gasteiger partial charge in [0.2, 0.25) is 17.8 Å². The first-order valence-corrected chi connectivity index (χ1v) is 10.5. The zero-order valence-corrected chi connectivity index (χ0v) is 17.6. The van der Waals surface area contributed by atoms with E-state index in [-0.39, 0.29) is 35.8 Å². The Kier molecular flexibility index (Phi) is 5.51. The van der Waals surface area contributed by atoms with E-state index in [1.807, 2.05) is 0 Å². The van der Waals surface area contributed by atoms with Crippen molar-refractivity contribution in [3.8, 4) is 0 Å². The zero-order valence-electron chi connectivity index (χ0n) is 16.9. The molecule has 2 aromatic rings. The molecule has 158 valence electrons. The fourth-order valence-corrected chi connectivity index (χ4v) is 4.43. The molecule has 4 rings (SSSR count). The quantitative estimate of drug-likeness (QED) is 0.694. The third kappa shape index (κ3) is 3.92. The second-order valence-corrected chi connectivity index (χ2v) is 8.43. The van der Waals surface area contributed by atoms with Crippen LogP contribution in [0.4, 0.5) is 17.5 Å². The second-order valence-electron chi connectivity index (χ2n) is 7.99. The number of piperidine rings is 1. The van der Waals surface area contributed by atoms with Crippen molar-refractivity contribution in [2.24, 2.45) is 0 Å². The van der Waals surface area contributed by atoms with Gasteiger partial charge in [-0.3, -0.25) is 19.4 Å². The Morgan fingerprint density at radius 2 is 1.83 bits per heavy atom. The largest absolute Gasteiger partial charge is 0.337 e. The van der Waals surface area contributed by atoms with Crippen molar-refractivity contribution < 1.29 is 9.59 Å². The lowest BCUT2D eigenvalue weighted by atomic mass is 9.92. The molecule has 1 saturated heterocycles. The molecule has 9 heteroatoms. The van der Waals surface area contributed by atoms with Crippen LogP contribution >= 0.6 is 11.6 Å². The van der Waals surface area contributed by atoms with Crippen molar-refractivity contribution in [3.05, 3.63) is 45.2 Å². The number of aromatic amines is 1. The molecule has 0 radical (unpaired) electrons. The van der Waals surface area contributed by atoms with Crippen LogP contribution < -0.4 is 21.1 Å². The van der Waals surface area contributed by atoms with E-state index in [9.17, 15) is 14.4 Å². The molecule has 0 saturated carbocycles. The van der Waals surface area contributed by atoms with Crippen molar-refractivity contribution in [3.63, 3.8) is 0 Å². The number of anilines is 3. The normalized spacial score (nSPS) is 23.5. The van der Waals surface area contributed by atoms with Crippen molar-refractivity contribution in [2.45, 2.75) is 57.5 Å². The van der Waals surface area contributed by atoms with E-state index in [1.165, 1.54) is 0 Å². The summed E-state index contributed by atoms with van der Waals surface area (Å²) in [5.74, 6) is -1.12. The molecule has 1 aromatic carbocycles. The topological polar surface area (TPSA) is 107 Å². The average Bonchev–Trinajstić information content (AvgIpc) is 2.68. The molecule has 8 nitrogen and oxygen atoms in total. The maximum atomic E-state index is 13.0. The summed E-state index contributed by atoms with van der Waals surface area (Å²) in [6.07, 6.45) is 3.01. The molecular weight excluding hydrogens is 406 g/mol. The van der Waals surface area contributed by atoms with Crippen molar-refractivity contribution in [1.29, 1.82) is 0 Å². The van der Waals surface area contributed by atoms with Crippen molar-refractivity contribution in [2.75, 3.05) is 15.5 Å². The Hall–Kier alpha value is -2.87. The molecule has 0 unspecified atom stereocenters. The number of rotatable bonds is 3. The monoisotopic (exact) mass is 429 g/mol.